The number of aliphatic hydroxyl groups is 1. The lowest BCUT2D eigenvalue weighted by atomic mass is 9.83. The molecule has 0 aromatic carbocycles. The number of rotatable bonds is 6. The summed E-state index contributed by atoms with van der Waals surface area (Å²) in [5, 5.41) is 10.5. The van der Waals surface area contributed by atoms with Crippen LogP contribution in [0.15, 0.2) is 0 Å². The summed E-state index contributed by atoms with van der Waals surface area (Å²) in [6, 6.07) is 0. The fourth-order valence-corrected chi connectivity index (χ4v) is 2.80. The van der Waals surface area contributed by atoms with Crippen molar-refractivity contribution in [1.82, 2.24) is 0 Å². The molecule has 0 aliphatic heterocycles. The fourth-order valence-electron chi connectivity index (χ4n) is 2.80. The third-order valence-electron chi connectivity index (χ3n) is 3.79. The van der Waals surface area contributed by atoms with Crippen molar-refractivity contribution in [2.45, 2.75) is 77.2 Å². The van der Waals surface area contributed by atoms with Gasteiger partial charge in [-0.15, -0.1) is 0 Å². The molecule has 0 radical (unpaired) electrons. The van der Waals surface area contributed by atoms with E-state index in [1.54, 1.807) is 0 Å². The highest BCUT2D eigenvalue weighted by molar-refractivity contribution is 4.91. The van der Waals surface area contributed by atoms with Gasteiger partial charge < -0.3 is 5.11 Å². The average Bonchev–Trinajstić information content (AvgIpc) is 2.54. The standard InChI is InChI=1S/C13H26O/c1-3-5-8-12-9-7-11-13(12,14)10-6-4-2/h12,14H,3-11H2,1-2H3. The van der Waals surface area contributed by atoms with Crippen LogP contribution in [0.1, 0.15) is 71.6 Å². The smallest absolute Gasteiger partial charge is 0.0675 e. The van der Waals surface area contributed by atoms with Gasteiger partial charge in [-0.2, -0.15) is 0 Å². The Morgan fingerprint density at radius 2 is 1.93 bits per heavy atom. The Balaban J connectivity index is 2.39. The Hall–Kier alpha value is -0.0400. The van der Waals surface area contributed by atoms with Crippen LogP contribution in [-0.4, -0.2) is 10.7 Å². The summed E-state index contributed by atoms with van der Waals surface area (Å²) < 4.78 is 0. The average molecular weight is 198 g/mol. The Bertz CT molecular complexity index is 155. The first-order valence-corrected chi connectivity index (χ1v) is 6.45. The lowest BCUT2D eigenvalue weighted by Crippen LogP contribution is -2.32. The van der Waals surface area contributed by atoms with Crippen molar-refractivity contribution in [2.24, 2.45) is 5.92 Å². The summed E-state index contributed by atoms with van der Waals surface area (Å²) in [6.07, 6.45) is 10.8. The molecule has 84 valence electrons. The predicted molar refractivity (Wildman–Crippen MR) is 61.3 cm³/mol. The van der Waals surface area contributed by atoms with Gasteiger partial charge >= 0.3 is 0 Å². The zero-order valence-corrected chi connectivity index (χ0v) is 9.89. The normalized spacial score (nSPS) is 32.4. The van der Waals surface area contributed by atoms with Gasteiger partial charge in [0.15, 0.2) is 0 Å². The van der Waals surface area contributed by atoms with E-state index in [0.29, 0.717) is 5.92 Å². The van der Waals surface area contributed by atoms with Gasteiger partial charge in [0.1, 0.15) is 0 Å². The first-order valence-electron chi connectivity index (χ1n) is 6.45. The van der Waals surface area contributed by atoms with Gasteiger partial charge in [0.25, 0.3) is 0 Å². The van der Waals surface area contributed by atoms with Crippen LogP contribution in [0.5, 0.6) is 0 Å². The molecule has 0 aromatic heterocycles. The molecule has 0 aromatic rings. The molecule has 2 unspecified atom stereocenters. The molecule has 14 heavy (non-hydrogen) atoms. The second-order valence-corrected chi connectivity index (χ2v) is 4.94. The zero-order chi connectivity index (χ0) is 10.4. The molecule has 1 heteroatoms. The summed E-state index contributed by atoms with van der Waals surface area (Å²) >= 11 is 0. The Morgan fingerprint density at radius 3 is 2.57 bits per heavy atom. The maximum atomic E-state index is 10.5. The van der Waals surface area contributed by atoms with Crippen molar-refractivity contribution >= 4 is 0 Å². The number of unbranched alkanes of at least 4 members (excludes halogenated alkanes) is 2. The SMILES string of the molecule is CCCCC1CCCC1(O)CCCC. The lowest BCUT2D eigenvalue weighted by Gasteiger charge is -2.30. The van der Waals surface area contributed by atoms with Crippen molar-refractivity contribution in [3.63, 3.8) is 0 Å². The van der Waals surface area contributed by atoms with Gasteiger partial charge in [0.05, 0.1) is 5.60 Å². The van der Waals surface area contributed by atoms with Gasteiger partial charge in [-0.3, -0.25) is 0 Å². The van der Waals surface area contributed by atoms with E-state index in [1.807, 2.05) is 0 Å². The minimum absolute atomic E-state index is 0.287. The van der Waals surface area contributed by atoms with Gasteiger partial charge in [-0.05, 0) is 31.6 Å². The summed E-state index contributed by atoms with van der Waals surface area (Å²) in [5.41, 5.74) is -0.287. The minimum atomic E-state index is -0.287. The van der Waals surface area contributed by atoms with Crippen molar-refractivity contribution in [2.75, 3.05) is 0 Å². The van der Waals surface area contributed by atoms with Crippen LogP contribution in [0.4, 0.5) is 0 Å². The Labute approximate surface area is 88.9 Å². The molecule has 1 N–H and O–H groups in total. The monoisotopic (exact) mass is 198 g/mol. The molecule has 1 saturated carbocycles. The largest absolute Gasteiger partial charge is 0.390 e. The molecular weight excluding hydrogens is 172 g/mol. The maximum Gasteiger partial charge on any atom is 0.0675 e. The van der Waals surface area contributed by atoms with Crippen LogP contribution in [0.3, 0.4) is 0 Å². The van der Waals surface area contributed by atoms with Crippen LogP contribution in [0.25, 0.3) is 0 Å². The van der Waals surface area contributed by atoms with E-state index in [-0.39, 0.29) is 5.60 Å². The van der Waals surface area contributed by atoms with Gasteiger partial charge in [-0.25, -0.2) is 0 Å². The highest BCUT2D eigenvalue weighted by Gasteiger charge is 2.39. The third kappa shape index (κ3) is 2.98. The second-order valence-electron chi connectivity index (χ2n) is 4.94. The quantitative estimate of drug-likeness (QED) is 0.686. The van der Waals surface area contributed by atoms with Crippen molar-refractivity contribution in [3.05, 3.63) is 0 Å². The first-order chi connectivity index (χ1) is 6.73. The Morgan fingerprint density at radius 1 is 1.21 bits per heavy atom. The third-order valence-corrected chi connectivity index (χ3v) is 3.79. The fraction of sp³-hybridized carbons (Fsp3) is 1.00. The van der Waals surface area contributed by atoms with Crippen LogP contribution in [0, 0.1) is 5.92 Å². The molecule has 0 amide bonds. The van der Waals surface area contributed by atoms with Crippen molar-refractivity contribution < 1.29 is 5.11 Å². The maximum absolute atomic E-state index is 10.5. The van der Waals surface area contributed by atoms with Gasteiger partial charge in [-0.1, -0.05) is 46.0 Å². The van der Waals surface area contributed by atoms with Crippen LogP contribution in [0.2, 0.25) is 0 Å². The van der Waals surface area contributed by atoms with Crippen LogP contribution >= 0.6 is 0 Å². The predicted octanol–water partition coefficient (Wildman–Crippen LogP) is 3.90. The zero-order valence-electron chi connectivity index (χ0n) is 9.89. The first kappa shape index (κ1) is 12.0. The molecule has 1 aliphatic rings. The second kappa shape index (κ2) is 5.75. The molecule has 0 saturated heterocycles. The highest BCUT2D eigenvalue weighted by atomic mass is 16.3. The highest BCUT2D eigenvalue weighted by Crippen LogP contribution is 2.41. The molecule has 1 fully saturated rings. The molecule has 0 heterocycles. The van der Waals surface area contributed by atoms with E-state index in [9.17, 15) is 5.11 Å². The van der Waals surface area contributed by atoms with E-state index < -0.39 is 0 Å². The van der Waals surface area contributed by atoms with E-state index in [2.05, 4.69) is 13.8 Å². The van der Waals surface area contributed by atoms with Crippen molar-refractivity contribution in [3.8, 4) is 0 Å². The Kier molecular flexibility index (Phi) is 4.94. The lowest BCUT2D eigenvalue weighted by molar-refractivity contribution is -0.0110. The van der Waals surface area contributed by atoms with Crippen molar-refractivity contribution in [1.29, 1.82) is 0 Å². The molecule has 1 nitrogen and oxygen atoms in total. The number of hydrogen-bond acceptors (Lipinski definition) is 1. The van der Waals surface area contributed by atoms with Gasteiger partial charge in [0, 0.05) is 0 Å². The topological polar surface area (TPSA) is 20.2 Å². The summed E-state index contributed by atoms with van der Waals surface area (Å²) in [6.45, 7) is 4.44. The molecule has 0 spiro atoms. The molecule has 1 aliphatic carbocycles. The summed E-state index contributed by atoms with van der Waals surface area (Å²) in [5.74, 6) is 0.606. The number of hydrogen-bond donors (Lipinski definition) is 1. The van der Waals surface area contributed by atoms with Crippen LogP contribution in [-0.2, 0) is 0 Å². The molecule has 0 bridgehead atoms. The van der Waals surface area contributed by atoms with E-state index >= 15 is 0 Å². The van der Waals surface area contributed by atoms with E-state index in [0.717, 1.165) is 12.8 Å². The molecular formula is C13H26O. The summed E-state index contributed by atoms with van der Waals surface area (Å²) in [7, 11) is 0. The van der Waals surface area contributed by atoms with E-state index in [1.165, 1.54) is 44.9 Å². The van der Waals surface area contributed by atoms with Crippen LogP contribution < -0.4 is 0 Å². The van der Waals surface area contributed by atoms with E-state index in [4.69, 9.17) is 0 Å². The summed E-state index contributed by atoms with van der Waals surface area (Å²) in [4.78, 5) is 0. The van der Waals surface area contributed by atoms with Gasteiger partial charge in [0.2, 0.25) is 0 Å². The molecule has 2 atom stereocenters. The molecule has 1 rings (SSSR count). The minimum Gasteiger partial charge on any atom is -0.390 e.